The molecule has 2 aromatic rings. The first kappa shape index (κ1) is 23.5. The Bertz CT molecular complexity index is 1180. The summed E-state index contributed by atoms with van der Waals surface area (Å²) in [7, 11) is 0. The fraction of sp³-hybridized carbons (Fsp3) is 0.240. The molecule has 0 radical (unpaired) electrons. The van der Waals surface area contributed by atoms with Gasteiger partial charge in [-0.05, 0) is 38.5 Å². The Balaban J connectivity index is 2.42. The van der Waals surface area contributed by atoms with E-state index in [1.54, 1.807) is 32.0 Å². The zero-order valence-corrected chi connectivity index (χ0v) is 18.6. The first-order valence-corrected chi connectivity index (χ1v) is 10.4. The average molecular weight is 449 g/mol. The summed E-state index contributed by atoms with van der Waals surface area (Å²) in [5, 5.41) is 10.0. The highest BCUT2D eigenvalue weighted by atomic mass is 19.1. The van der Waals surface area contributed by atoms with Gasteiger partial charge in [0.15, 0.2) is 0 Å². The van der Waals surface area contributed by atoms with Crippen molar-refractivity contribution in [2.45, 2.75) is 26.7 Å². The molecule has 0 amide bonds. The molecule has 0 bridgehead atoms. The van der Waals surface area contributed by atoms with Gasteiger partial charge in [0, 0.05) is 0 Å². The number of ether oxygens (including phenoxy) is 2. The minimum absolute atomic E-state index is 0.00742. The Morgan fingerprint density at radius 3 is 2.24 bits per heavy atom. The van der Waals surface area contributed by atoms with Gasteiger partial charge in [-0.3, -0.25) is 4.90 Å². The molecule has 3 rings (SSSR count). The third-order valence-corrected chi connectivity index (χ3v) is 5.16. The van der Waals surface area contributed by atoms with Gasteiger partial charge in [-0.15, -0.1) is 0 Å². The molecular weight excluding hydrogens is 425 g/mol. The van der Waals surface area contributed by atoms with Crippen LogP contribution in [0, 0.1) is 24.1 Å². The molecule has 0 aliphatic carbocycles. The van der Waals surface area contributed by atoms with Crippen LogP contribution in [-0.4, -0.2) is 25.2 Å². The number of carbonyl (C=O) groups excluding carboxylic acids is 2. The predicted octanol–water partition coefficient (Wildman–Crippen LogP) is 3.81. The van der Waals surface area contributed by atoms with Crippen LogP contribution in [0.1, 0.15) is 30.9 Å². The van der Waals surface area contributed by atoms with Crippen molar-refractivity contribution in [2.24, 2.45) is 5.73 Å². The maximum Gasteiger partial charge on any atom is 0.355 e. The minimum atomic E-state index is -1.00. The molecule has 1 atom stereocenters. The molecule has 170 valence electrons. The molecule has 0 spiro atoms. The summed E-state index contributed by atoms with van der Waals surface area (Å²) >= 11 is 0. The van der Waals surface area contributed by atoms with Crippen molar-refractivity contribution in [3.05, 3.63) is 88.1 Å². The number of rotatable bonds is 6. The Morgan fingerprint density at radius 1 is 1.06 bits per heavy atom. The lowest BCUT2D eigenvalue weighted by Gasteiger charge is -2.36. The highest BCUT2D eigenvalue weighted by Gasteiger charge is 2.43. The third-order valence-electron chi connectivity index (χ3n) is 5.16. The molecule has 33 heavy (non-hydrogen) atoms. The molecule has 8 heteroatoms. The van der Waals surface area contributed by atoms with Crippen LogP contribution in [0.3, 0.4) is 0 Å². The molecule has 1 aliphatic rings. The summed E-state index contributed by atoms with van der Waals surface area (Å²) in [5.74, 6) is -3.59. The van der Waals surface area contributed by atoms with Crippen LogP contribution in [0.5, 0.6) is 0 Å². The number of nitrogens with two attached hydrogens (primary N) is 1. The summed E-state index contributed by atoms with van der Waals surface area (Å²) in [6.07, 6.45) is 0. The largest absolute Gasteiger partial charge is 0.463 e. The van der Waals surface area contributed by atoms with E-state index in [2.05, 4.69) is 6.07 Å². The van der Waals surface area contributed by atoms with Gasteiger partial charge in [-0.25, -0.2) is 14.0 Å². The number of anilines is 1. The first-order valence-electron chi connectivity index (χ1n) is 10.4. The van der Waals surface area contributed by atoms with Gasteiger partial charge in [-0.2, -0.15) is 5.26 Å². The number of carbonyl (C=O) groups is 2. The fourth-order valence-electron chi connectivity index (χ4n) is 3.71. The predicted molar refractivity (Wildman–Crippen MR) is 120 cm³/mol. The van der Waals surface area contributed by atoms with E-state index in [1.807, 2.05) is 19.1 Å². The van der Waals surface area contributed by atoms with E-state index in [1.165, 1.54) is 18.2 Å². The van der Waals surface area contributed by atoms with Gasteiger partial charge >= 0.3 is 11.9 Å². The molecule has 0 fully saturated rings. The second-order valence-corrected chi connectivity index (χ2v) is 7.24. The zero-order valence-electron chi connectivity index (χ0n) is 18.6. The van der Waals surface area contributed by atoms with Gasteiger partial charge in [-0.1, -0.05) is 42.0 Å². The van der Waals surface area contributed by atoms with Gasteiger partial charge in [0.05, 0.1) is 42.0 Å². The number of aryl methyl sites for hydroxylation is 1. The Labute approximate surface area is 191 Å². The molecule has 0 aromatic heterocycles. The standard InChI is InChI=1S/C25H24FN3O4/c1-4-32-24(30)21-20(16-12-10-15(3)11-13-16)17(14-27)23(28)29(22(21)25(31)33-5-2)19-9-7-6-8-18(19)26/h6-13,20H,4-5,28H2,1-3H3. The number of hydrogen-bond acceptors (Lipinski definition) is 7. The fourth-order valence-corrected chi connectivity index (χ4v) is 3.71. The highest BCUT2D eigenvalue weighted by Crippen LogP contribution is 2.43. The Kier molecular flexibility index (Phi) is 7.13. The van der Waals surface area contributed by atoms with Crippen molar-refractivity contribution >= 4 is 17.6 Å². The van der Waals surface area contributed by atoms with Crippen LogP contribution in [0.4, 0.5) is 10.1 Å². The van der Waals surface area contributed by atoms with E-state index in [0.717, 1.165) is 10.5 Å². The van der Waals surface area contributed by atoms with Crippen molar-refractivity contribution < 1.29 is 23.5 Å². The van der Waals surface area contributed by atoms with Gasteiger partial charge in [0.25, 0.3) is 0 Å². The smallest absolute Gasteiger partial charge is 0.355 e. The van der Waals surface area contributed by atoms with Crippen LogP contribution < -0.4 is 10.6 Å². The average Bonchev–Trinajstić information content (AvgIpc) is 2.79. The number of para-hydroxylation sites is 1. The van der Waals surface area contributed by atoms with E-state index >= 15 is 0 Å². The number of allylic oxidation sites excluding steroid dienone is 1. The Morgan fingerprint density at radius 2 is 1.67 bits per heavy atom. The number of nitrogens with zero attached hydrogens (tertiary/aromatic N) is 2. The van der Waals surface area contributed by atoms with E-state index in [-0.39, 0.29) is 41.6 Å². The van der Waals surface area contributed by atoms with Crippen molar-refractivity contribution in [3.63, 3.8) is 0 Å². The van der Waals surface area contributed by atoms with Crippen molar-refractivity contribution in [2.75, 3.05) is 18.1 Å². The summed E-state index contributed by atoms with van der Waals surface area (Å²) in [4.78, 5) is 27.4. The lowest BCUT2D eigenvalue weighted by molar-refractivity contribution is -0.142. The first-order chi connectivity index (χ1) is 15.8. The summed E-state index contributed by atoms with van der Waals surface area (Å²) in [6.45, 7) is 5.16. The van der Waals surface area contributed by atoms with Crippen LogP contribution in [0.2, 0.25) is 0 Å². The summed E-state index contributed by atoms with van der Waals surface area (Å²) in [6, 6.07) is 14.8. The van der Waals surface area contributed by atoms with Gasteiger partial charge in [0.1, 0.15) is 17.3 Å². The molecule has 1 aliphatic heterocycles. The van der Waals surface area contributed by atoms with Gasteiger partial charge in [0.2, 0.25) is 0 Å². The van der Waals surface area contributed by atoms with E-state index in [4.69, 9.17) is 15.2 Å². The SMILES string of the molecule is CCOC(=O)C1=C(C(=O)OCC)N(c2ccccc2F)C(N)=C(C#N)C1c1ccc(C)cc1. The summed E-state index contributed by atoms with van der Waals surface area (Å²) in [5.41, 5.74) is 7.34. The Hall–Kier alpha value is -4.12. The normalized spacial score (nSPS) is 15.8. The van der Waals surface area contributed by atoms with Crippen LogP contribution in [0.15, 0.2) is 71.2 Å². The number of hydrogen-bond donors (Lipinski definition) is 1. The maximum atomic E-state index is 14.8. The van der Waals surface area contributed by atoms with E-state index in [0.29, 0.717) is 5.56 Å². The molecule has 1 heterocycles. The van der Waals surface area contributed by atoms with Crippen molar-refractivity contribution in [1.29, 1.82) is 5.26 Å². The van der Waals surface area contributed by atoms with Crippen LogP contribution >= 0.6 is 0 Å². The topological polar surface area (TPSA) is 106 Å². The third kappa shape index (κ3) is 4.44. The molecule has 0 saturated carbocycles. The molecule has 2 N–H and O–H groups in total. The van der Waals surface area contributed by atoms with E-state index < -0.39 is 23.7 Å². The number of nitriles is 1. The lowest BCUT2D eigenvalue weighted by atomic mass is 9.80. The van der Waals surface area contributed by atoms with Crippen LogP contribution in [0.25, 0.3) is 0 Å². The molecular formula is C25H24FN3O4. The maximum absolute atomic E-state index is 14.8. The van der Waals surface area contributed by atoms with Gasteiger partial charge < -0.3 is 15.2 Å². The quantitative estimate of drug-likeness (QED) is 0.669. The monoisotopic (exact) mass is 449 g/mol. The lowest BCUT2D eigenvalue weighted by Crippen LogP contribution is -2.41. The second kappa shape index (κ2) is 10.0. The highest BCUT2D eigenvalue weighted by molar-refractivity contribution is 6.06. The van der Waals surface area contributed by atoms with Crippen molar-refractivity contribution in [1.82, 2.24) is 0 Å². The van der Waals surface area contributed by atoms with E-state index in [9.17, 15) is 19.2 Å². The molecule has 2 aromatic carbocycles. The second-order valence-electron chi connectivity index (χ2n) is 7.24. The van der Waals surface area contributed by atoms with Crippen molar-refractivity contribution in [3.8, 4) is 6.07 Å². The molecule has 7 nitrogen and oxygen atoms in total. The summed E-state index contributed by atoms with van der Waals surface area (Å²) < 4.78 is 25.3. The molecule has 0 saturated heterocycles. The zero-order chi connectivity index (χ0) is 24.1. The number of esters is 2. The van der Waals surface area contributed by atoms with Crippen LogP contribution in [-0.2, 0) is 19.1 Å². The number of halogens is 1. The minimum Gasteiger partial charge on any atom is -0.463 e. The number of benzene rings is 2. The molecule has 1 unspecified atom stereocenters.